The molecule has 0 fully saturated rings. The lowest BCUT2D eigenvalue weighted by molar-refractivity contribution is 0.589. The Morgan fingerprint density at radius 3 is 1.52 bits per heavy atom. The lowest BCUT2D eigenvalue weighted by Gasteiger charge is -2.38. The van der Waals surface area contributed by atoms with E-state index in [2.05, 4.69) is 116 Å². The second-order valence-corrected chi connectivity index (χ2v) is 10.5. The standard InChI is InChI=1S/C30H35N/c1-18(2)28-24-14-19(3)10-12-26(24)31(27-13-11-20(4)15-25(27)28)29-21(5)16-23(17-22(29)6)30(7,8)9/h10-17H,1-9H3. The fraction of sp³-hybridized carbons (Fsp3) is 0.333. The van der Waals surface area contributed by atoms with Crippen molar-refractivity contribution in [3.8, 4) is 0 Å². The third-order valence-corrected chi connectivity index (χ3v) is 6.41. The molecule has 0 radical (unpaired) electrons. The van der Waals surface area contributed by atoms with Crippen LogP contribution < -0.4 is 4.90 Å². The summed E-state index contributed by atoms with van der Waals surface area (Å²) in [4.78, 5) is 2.49. The highest BCUT2D eigenvalue weighted by molar-refractivity contribution is 6.02. The summed E-state index contributed by atoms with van der Waals surface area (Å²) >= 11 is 0. The Morgan fingerprint density at radius 2 is 1.13 bits per heavy atom. The van der Waals surface area contributed by atoms with Gasteiger partial charge in [0.15, 0.2) is 0 Å². The van der Waals surface area contributed by atoms with Crippen LogP contribution in [0.4, 0.5) is 17.1 Å². The van der Waals surface area contributed by atoms with Crippen molar-refractivity contribution >= 4 is 22.6 Å². The molecule has 31 heavy (non-hydrogen) atoms. The van der Waals surface area contributed by atoms with E-state index < -0.39 is 0 Å². The van der Waals surface area contributed by atoms with E-state index in [0.29, 0.717) is 0 Å². The topological polar surface area (TPSA) is 3.24 Å². The van der Waals surface area contributed by atoms with E-state index in [-0.39, 0.29) is 5.41 Å². The van der Waals surface area contributed by atoms with Gasteiger partial charge in [0.2, 0.25) is 0 Å². The minimum Gasteiger partial charge on any atom is -0.309 e. The van der Waals surface area contributed by atoms with Crippen molar-refractivity contribution in [2.24, 2.45) is 0 Å². The largest absolute Gasteiger partial charge is 0.309 e. The number of hydrogen-bond donors (Lipinski definition) is 0. The average Bonchev–Trinajstić information content (AvgIpc) is 2.65. The molecule has 1 aliphatic heterocycles. The lowest BCUT2D eigenvalue weighted by atomic mass is 9.83. The van der Waals surface area contributed by atoms with Gasteiger partial charge in [-0.25, -0.2) is 0 Å². The van der Waals surface area contributed by atoms with Gasteiger partial charge >= 0.3 is 0 Å². The molecule has 0 N–H and O–H groups in total. The number of nitrogens with zero attached hydrogens (tertiary/aromatic N) is 1. The molecular formula is C30H35N. The van der Waals surface area contributed by atoms with Gasteiger partial charge in [0.05, 0.1) is 17.1 Å². The molecule has 0 saturated carbocycles. The highest BCUT2D eigenvalue weighted by Gasteiger charge is 2.30. The molecule has 1 aliphatic rings. The summed E-state index contributed by atoms with van der Waals surface area (Å²) in [6.45, 7) is 20.2. The molecule has 0 atom stereocenters. The van der Waals surface area contributed by atoms with Gasteiger partial charge in [-0.2, -0.15) is 0 Å². The van der Waals surface area contributed by atoms with Gasteiger partial charge in [-0.1, -0.05) is 61.7 Å². The van der Waals surface area contributed by atoms with Crippen molar-refractivity contribution < 1.29 is 0 Å². The number of benzene rings is 3. The Hall–Kier alpha value is -2.80. The van der Waals surface area contributed by atoms with Crippen LogP contribution in [0, 0.1) is 27.7 Å². The number of anilines is 3. The molecule has 0 unspecified atom stereocenters. The fourth-order valence-electron chi connectivity index (χ4n) is 4.89. The quantitative estimate of drug-likeness (QED) is 0.303. The smallest absolute Gasteiger partial charge is 0.0540 e. The molecule has 0 bridgehead atoms. The second kappa shape index (κ2) is 7.41. The molecule has 1 nitrogen and oxygen atoms in total. The minimum absolute atomic E-state index is 0.134. The van der Waals surface area contributed by atoms with Crippen LogP contribution in [0.25, 0.3) is 5.57 Å². The molecule has 160 valence electrons. The predicted molar refractivity (Wildman–Crippen MR) is 136 cm³/mol. The number of rotatable bonds is 1. The van der Waals surface area contributed by atoms with Gasteiger partial charge < -0.3 is 4.90 Å². The van der Waals surface area contributed by atoms with E-state index in [1.807, 2.05) is 0 Å². The van der Waals surface area contributed by atoms with E-state index in [4.69, 9.17) is 0 Å². The third-order valence-electron chi connectivity index (χ3n) is 6.41. The van der Waals surface area contributed by atoms with Gasteiger partial charge in [0.25, 0.3) is 0 Å². The molecule has 4 rings (SSSR count). The zero-order valence-corrected chi connectivity index (χ0v) is 20.6. The van der Waals surface area contributed by atoms with E-state index in [1.54, 1.807) is 0 Å². The summed E-state index contributed by atoms with van der Waals surface area (Å²) in [6, 6.07) is 18.5. The van der Waals surface area contributed by atoms with Crippen LogP contribution in [0.15, 0.2) is 54.1 Å². The highest BCUT2D eigenvalue weighted by Crippen LogP contribution is 2.51. The second-order valence-electron chi connectivity index (χ2n) is 10.5. The molecule has 0 aliphatic carbocycles. The Labute approximate surface area is 188 Å². The number of aryl methyl sites for hydroxylation is 4. The van der Waals surface area contributed by atoms with Gasteiger partial charge in [-0.15, -0.1) is 0 Å². The first-order chi connectivity index (χ1) is 14.5. The minimum atomic E-state index is 0.134. The van der Waals surface area contributed by atoms with Gasteiger partial charge in [-0.05, 0) is 93.5 Å². The van der Waals surface area contributed by atoms with Gasteiger partial charge in [0, 0.05) is 11.1 Å². The highest BCUT2D eigenvalue weighted by atomic mass is 15.2. The van der Waals surface area contributed by atoms with Crippen molar-refractivity contribution in [1.29, 1.82) is 0 Å². The summed E-state index contributed by atoms with van der Waals surface area (Å²) in [5.41, 5.74) is 16.0. The zero-order chi connectivity index (χ0) is 22.7. The zero-order valence-electron chi connectivity index (χ0n) is 20.6. The molecular weight excluding hydrogens is 374 g/mol. The van der Waals surface area contributed by atoms with Crippen LogP contribution in [-0.2, 0) is 5.41 Å². The van der Waals surface area contributed by atoms with Crippen LogP contribution in [0.5, 0.6) is 0 Å². The van der Waals surface area contributed by atoms with E-state index in [9.17, 15) is 0 Å². The lowest BCUT2D eigenvalue weighted by Crippen LogP contribution is -2.21. The Bertz CT molecular complexity index is 1140. The number of allylic oxidation sites excluding steroid dienone is 1. The Kier molecular flexibility index (Phi) is 5.12. The maximum Gasteiger partial charge on any atom is 0.0540 e. The molecule has 0 saturated heterocycles. The molecule has 0 aromatic heterocycles. The van der Waals surface area contributed by atoms with Crippen molar-refractivity contribution in [3.63, 3.8) is 0 Å². The first-order valence-corrected chi connectivity index (χ1v) is 11.3. The van der Waals surface area contributed by atoms with Crippen LogP contribution >= 0.6 is 0 Å². The van der Waals surface area contributed by atoms with E-state index in [0.717, 1.165) is 0 Å². The summed E-state index contributed by atoms with van der Waals surface area (Å²) in [5.74, 6) is 0. The van der Waals surface area contributed by atoms with Gasteiger partial charge in [0.1, 0.15) is 0 Å². The summed E-state index contributed by atoms with van der Waals surface area (Å²) in [5, 5.41) is 0. The summed E-state index contributed by atoms with van der Waals surface area (Å²) in [7, 11) is 0. The maximum absolute atomic E-state index is 2.49. The monoisotopic (exact) mass is 409 g/mol. The summed E-state index contributed by atoms with van der Waals surface area (Å²) in [6.07, 6.45) is 0. The van der Waals surface area contributed by atoms with Crippen LogP contribution in [0.3, 0.4) is 0 Å². The number of hydrogen-bond acceptors (Lipinski definition) is 1. The number of fused-ring (bicyclic) bond motifs is 2. The first-order valence-electron chi connectivity index (χ1n) is 11.3. The average molecular weight is 410 g/mol. The molecule has 1 heterocycles. The van der Waals surface area contributed by atoms with E-state index >= 15 is 0 Å². The van der Waals surface area contributed by atoms with Crippen LogP contribution in [0.2, 0.25) is 0 Å². The van der Waals surface area contributed by atoms with E-state index in [1.165, 1.54) is 67.2 Å². The first kappa shape index (κ1) is 21.4. The predicted octanol–water partition coefficient (Wildman–Crippen LogP) is 8.84. The Balaban J connectivity index is 2.08. The molecule has 0 spiro atoms. The normalized spacial score (nSPS) is 13.2. The maximum atomic E-state index is 2.49. The molecule has 0 amide bonds. The Morgan fingerprint density at radius 1 is 0.677 bits per heavy atom. The third kappa shape index (κ3) is 3.61. The van der Waals surface area contributed by atoms with Crippen molar-refractivity contribution in [2.75, 3.05) is 4.90 Å². The molecule has 3 aromatic carbocycles. The van der Waals surface area contributed by atoms with Gasteiger partial charge in [-0.3, -0.25) is 0 Å². The molecule has 1 heteroatoms. The van der Waals surface area contributed by atoms with Crippen LogP contribution in [0.1, 0.15) is 73.6 Å². The fourth-order valence-corrected chi connectivity index (χ4v) is 4.89. The van der Waals surface area contributed by atoms with Crippen molar-refractivity contribution in [3.05, 3.63) is 93.0 Å². The molecule has 3 aromatic rings. The van der Waals surface area contributed by atoms with Crippen molar-refractivity contribution in [2.45, 2.75) is 67.7 Å². The SMILES string of the molecule is CC(C)=C1c2cc(C)ccc2N(c2c(C)cc(C(C)(C)C)cc2C)c2ccc(C)cc21. The van der Waals surface area contributed by atoms with Crippen molar-refractivity contribution in [1.82, 2.24) is 0 Å². The summed E-state index contributed by atoms with van der Waals surface area (Å²) < 4.78 is 0. The van der Waals surface area contributed by atoms with Crippen LogP contribution in [-0.4, -0.2) is 0 Å².